The molecule has 1 N–H and O–H groups in total. The van der Waals surface area contributed by atoms with Crippen molar-refractivity contribution in [3.63, 3.8) is 0 Å². The number of hydrogen-bond acceptors (Lipinski definition) is 3. The summed E-state index contributed by atoms with van der Waals surface area (Å²) in [6.07, 6.45) is -0.879. The highest BCUT2D eigenvalue weighted by atomic mass is 16.5. The number of anilines is 1. The molecule has 0 aliphatic heterocycles. The van der Waals surface area contributed by atoms with Crippen molar-refractivity contribution in [1.29, 1.82) is 0 Å². The molecule has 25 heavy (non-hydrogen) atoms. The zero-order valence-corrected chi connectivity index (χ0v) is 15.4. The van der Waals surface area contributed by atoms with Crippen LogP contribution < -0.4 is 5.32 Å². The van der Waals surface area contributed by atoms with Crippen LogP contribution in [-0.2, 0) is 14.9 Å². The summed E-state index contributed by atoms with van der Waals surface area (Å²) in [4.78, 5) is 24.4. The van der Waals surface area contributed by atoms with Crippen molar-refractivity contribution in [2.75, 3.05) is 5.32 Å². The second-order valence-corrected chi connectivity index (χ2v) is 7.23. The molecule has 1 atom stereocenters. The van der Waals surface area contributed by atoms with Gasteiger partial charge in [-0.3, -0.25) is 4.79 Å². The molecular formula is C21H25NO3. The molecule has 2 aromatic carbocycles. The van der Waals surface area contributed by atoms with Gasteiger partial charge in [0.1, 0.15) is 0 Å². The molecule has 1 amide bonds. The predicted molar refractivity (Wildman–Crippen MR) is 99.8 cm³/mol. The lowest BCUT2D eigenvalue weighted by Crippen LogP contribution is -2.30. The van der Waals surface area contributed by atoms with Gasteiger partial charge in [0.25, 0.3) is 5.91 Å². The van der Waals surface area contributed by atoms with Gasteiger partial charge in [0.15, 0.2) is 6.10 Å². The van der Waals surface area contributed by atoms with E-state index in [0.717, 1.165) is 11.1 Å². The first kappa shape index (κ1) is 18.7. The summed E-state index contributed by atoms with van der Waals surface area (Å²) in [7, 11) is 0. The average molecular weight is 339 g/mol. The first-order valence-corrected chi connectivity index (χ1v) is 8.36. The van der Waals surface area contributed by atoms with E-state index in [9.17, 15) is 9.59 Å². The van der Waals surface area contributed by atoms with Gasteiger partial charge in [0.2, 0.25) is 0 Å². The normalized spacial score (nSPS) is 12.4. The molecule has 0 bridgehead atoms. The van der Waals surface area contributed by atoms with Crippen molar-refractivity contribution < 1.29 is 14.3 Å². The van der Waals surface area contributed by atoms with Crippen molar-refractivity contribution in [2.45, 2.75) is 46.1 Å². The van der Waals surface area contributed by atoms with Gasteiger partial charge in [-0.2, -0.15) is 0 Å². The highest BCUT2D eigenvalue weighted by molar-refractivity contribution is 5.97. The number of carbonyl (C=O) groups is 2. The van der Waals surface area contributed by atoms with Crippen molar-refractivity contribution in [3.8, 4) is 0 Å². The van der Waals surface area contributed by atoms with Crippen molar-refractivity contribution in [2.24, 2.45) is 0 Å². The van der Waals surface area contributed by atoms with E-state index < -0.39 is 12.1 Å². The standard InChI is InChI=1S/C21H25NO3/c1-14-6-12-18(13-7-14)22-19(23)15(2)25-20(24)16-8-10-17(11-9-16)21(3,4)5/h6-13,15H,1-5H3,(H,22,23)/t15-/m1/s1. The Hall–Kier alpha value is -2.62. The molecule has 132 valence electrons. The summed E-state index contributed by atoms with van der Waals surface area (Å²) in [6.45, 7) is 9.86. The summed E-state index contributed by atoms with van der Waals surface area (Å²) in [5, 5.41) is 2.74. The summed E-state index contributed by atoms with van der Waals surface area (Å²) in [6, 6.07) is 14.7. The van der Waals surface area contributed by atoms with Crippen molar-refractivity contribution in [1.82, 2.24) is 0 Å². The van der Waals surface area contributed by atoms with Crippen LogP contribution in [0.3, 0.4) is 0 Å². The Morgan fingerprint density at radius 1 is 0.960 bits per heavy atom. The lowest BCUT2D eigenvalue weighted by molar-refractivity contribution is -0.123. The quantitative estimate of drug-likeness (QED) is 0.836. The lowest BCUT2D eigenvalue weighted by Gasteiger charge is -2.19. The minimum atomic E-state index is -0.879. The zero-order valence-electron chi connectivity index (χ0n) is 15.4. The van der Waals surface area contributed by atoms with Gasteiger partial charge >= 0.3 is 5.97 Å². The summed E-state index contributed by atoms with van der Waals surface area (Å²) < 4.78 is 5.27. The lowest BCUT2D eigenvalue weighted by atomic mass is 9.87. The molecule has 0 spiro atoms. The van der Waals surface area contributed by atoms with Crippen LogP contribution in [0.25, 0.3) is 0 Å². The number of ether oxygens (including phenoxy) is 1. The van der Waals surface area contributed by atoms with Gasteiger partial charge in [0, 0.05) is 5.69 Å². The largest absolute Gasteiger partial charge is 0.449 e. The van der Waals surface area contributed by atoms with Crippen LogP contribution in [-0.4, -0.2) is 18.0 Å². The van der Waals surface area contributed by atoms with Crippen LogP contribution in [0.15, 0.2) is 48.5 Å². The van der Waals surface area contributed by atoms with Crippen LogP contribution in [0.5, 0.6) is 0 Å². The van der Waals surface area contributed by atoms with Crippen molar-refractivity contribution >= 4 is 17.6 Å². The van der Waals surface area contributed by atoms with E-state index in [1.54, 1.807) is 19.1 Å². The fourth-order valence-electron chi connectivity index (χ4n) is 2.27. The number of benzene rings is 2. The van der Waals surface area contributed by atoms with Crippen LogP contribution in [0.2, 0.25) is 0 Å². The molecular weight excluding hydrogens is 314 g/mol. The first-order valence-electron chi connectivity index (χ1n) is 8.36. The molecule has 0 aliphatic rings. The van der Waals surface area contributed by atoms with Gasteiger partial charge in [-0.15, -0.1) is 0 Å². The topological polar surface area (TPSA) is 55.4 Å². The maximum atomic E-state index is 12.2. The van der Waals surface area contributed by atoms with E-state index in [0.29, 0.717) is 11.3 Å². The average Bonchev–Trinajstić information content (AvgIpc) is 2.56. The molecule has 0 heterocycles. The van der Waals surface area contributed by atoms with Crippen molar-refractivity contribution in [3.05, 3.63) is 65.2 Å². The molecule has 4 nitrogen and oxygen atoms in total. The Morgan fingerprint density at radius 2 is 1.52 bits per heavy atom. The Labute approximate surface area is 149 Å². The van der Waals surface area contributed by atoms with E-state index in [1.807, 2.05) is 43.3 Å². The van der Waals surface area contributed by atoms with Gasteiger partial charge in [0.05, 0.1) is 5.56 Å². The fraction of sp³-hybridized carbons (Fsp3) is 0.333. The Kier molecular flexibility index (Phi) is 5.62. The molecule has 2 rings (SSSR count). The maximum Gasteiger partial charge on any atom is 0.338 e. The number of esters is 1. The number of amides is 1. The smallest absolute Gasteiger partial charge is 0.338 e. The van der Waals surface area contributed by atoms with E-state index in [-0.39, 0.29) is 11.3 Å². The molecule has 0 unspecified atom stereocenters. The third-order valence-corrected chi connectivity index (χ3v) is 3.96. The highest BCUT2D eigenvalue weighted by Gasteiger charge is 2.20. The van der Waals surface area contributed by atoms with Crippen LogP contribution in [0.4, 0.5) is 5.69 Å². The molecule has 0 aliphatic carbocycles. The minimum absolute atomic E-state index is 0.0175. The number of nitrogens with one attached hydrogen (secondary N) is 1. The Balaban J connectivity index is 1.97. The van der Waals surface area contributed by atoms with Crippen LogP contribution in [0, 0.1) is 6.92 Å². The zero-order chi connectivity index (χ0) is 18.6. The van der Waals surface area contributed by atoms with Crippen LogP contribution >= 0.6 is 0 Å². The fourth-order valence-corrected chi connectivity index (χ4v) is 2.27. The minimum Gasteiger partial charge on any atom is -0.449 e. The van der Waals surface area contributed by atoms with Gasteiger partial charge in [-0.05, 0) is 49.1 Å². The second-order valence-electron chi connectivity index (χ2n) is 7.23. The molecule has 0 saturated carbocycles. The first-order chi connectivity index (χ1) is 11.7. The molecule has 0 radical (unpaired) electrons. The predicted octanol–water partition coefficient (Wildman–Crippen LogP) is 4.48. The molecule has 4 heteroatoms. The Morgan fingerprint density at radius 3 is 2.04 bits per heavy atom. The molecule has 2 aromatic rings. The van der Waals surface area contributed by atoms with E-state index >= 15 is 0 Å². The Bertz CT molecular complexity index is 740. The monoisotopic (exact) mass is 339 g/mol. The number of rotatable bonds is 4. The third kappa shape index (κ3) is 5.18. The van der Waals surface area contributed by atoms with E-state index in [2.05, 4.69) is 26.1 Å². The van der Waals surface area contributed by atoms with Gasteiger partial charge in [-0.1, -0.05) is 50.6 Å². The molecule has 0 fully saturated rings. The third-order valence-electron chi connectivity index (χ3n) is 3.96. The maximum absolute atomic E-state index is 12.2. The molecule has 0 saturated heterocycles. The van der Waals surface area contributed by atoms with Crippen LogP contribution in [0.1, 0.15) is 49.2 Å². The number of aryl methyl sites for hydroxylation is 1. The van der Waals surface area contributed by atoms with Gasteiger partial charge in [-0.25, -0.2) is 4.79 Å². The molecule has 0 aromatic heterocycles. The summed E-state index contributed by atoms with van der Waals surface area (Å²) in [5.41, 5.74) is 3.37. The van der Waals surface area contributed by atoms with E-state index in [4.69, 9.17) is 4.74 Å². The summed E-state index contributed by atoms with van der Waals surface area (Å²) >= 11 is 0. The number of carbonyl (C=O) groups excluding carboxylic acids is 2. The van der Waals surface area contributed by atoms with E-state index in [1.165, 1.54) is 0 Å². The highest BCUT2D eigenvalue weighted by Crippen LogP contribution is 2.22. The summed E-state index contributed by atoms with van der Waals surface area (Å²) in [5.74, 6) is -0.865. The number of hydrogen-bond donors (Lipinski definition) is 1. The second kappa shape index (κ2) is 7.51. The SMILES string of the molecule is Cc1ccc(NC(=O)[C@@H](C)OC(=O)c2ccc(C(C)(C)C)cc2)cc1. The van der Waals surface area contributed by atoms with Gasteiger partial charge < -0.3 is 10.1 Å².